The second-order valence-corrected chi connectivity index (χ2v) is 5.92. The molecule has 3 aromatic rings. The van der Waals surface area contributed by atoms with Crippen LogP contribution in [-0.2, 0) is 4.74 Å². The second-order valence-electron chi connectivity index (χ2n) is 5.92. The molecule has 1 N–H and O–H groups in total. The lowest BCUT2D eigenvalue weighted by atomic mass is 10.2. The Kier molecular flexibility index (Phi) is 4.61. The highest BCUT2D eigenvalue weighted by molar-refractivity contribution is 5.87. The second kappa shape index (κ2) is 7.37. The van der Waals surface area contributed by atoms with Gasteiger partial charge >= 0.3 is 0 Å². The Hall–Kier alpha value is -3.19. The van der Waals surface area contributed by atoms with Gasteiger partial charge in [-0.2, -0.15) is 5.10 Å². The van der Waals surface area contributed by atoms with E-state index in [-0.39, 0.29) is 5.56 Å². The summed E-state index contributed by atoms with van der Waals surface area (Å²) in [6.07, 6.45) is 3.27. The summed E-state index contributed by atoms with van der Waals surface area (Å²) in [5.41, 5.74) is 4.73. The summed E-state index contributed by atoms with van der Waals surface area (Å²) in [5, 5.41) is 4.25. The van der Waals surface area contributed by atoms with Gasteiger partial charge in [-0.3, -0.25) is 14.6 Å². The summed E-state index contributed by atoms with van der Waals surface area (Å²) in [5.74, 6) is 0.642. The molecule has 2 aromatic heterocycles. The van der Waals surface area contributed by atoms with Gasteiger partial charge in [0.05, 0.1) is 25.1 Å². The highest BCUT2D eigenvalue weighted by Crippen LogP contribution is 2.16. The van der Waals surface area contributed by atoms with Crippen LogP contribution >= 0.6 is 0 Å². The van der Waals surface area contributed by atoms with E-state index in [0.29, 0.717) is 43.3 Å². The van der Waals surface area contributed by atoms with Crippen molar-refractivity contribution in [2.24, 2.45) is 5.10 Å². The highest BCUT2D eigenvalue weighted by Gasteiger charge is 2.19. The number of hydrazone groups is 1. The number of morpholine rings is 1. The minimum Gasteiger partial charge on any atom is -0.378 e. The molecule has 132 valence electrons. The minimum absolute atomic E-state index is 0.143. The number of nitrogens with one attached hydrogen (secondary N) is 1. The molecule has 0 spiro atoms. The van der Waals surface area contributed by atoms with Gasteiger partial charge in [0, 0.05) is 19.3 Å². The Labute approximate surface area is 150 Å². The fourth-order valence-electron chi connectivity index (χ4n) is 2.90. The minimum atomic E-state index is -0.143. The third kappa shape index (κ3) is 3.29. The van der Waals surface area contributed by atoms with Crippen molar-refractivity contribution < 1.29 is 4.74 Å². The molecule has 1 fully saturated rings. The third-order valence-corrected chi connectivity index (χ3v) is 4.22. The maximum atomic E-state index is 13.0. The molecule has 1 aliphatic heterocycles. The van der Waals surface area contributed by atoms with Crippen LogP contribution in [0.25, 0.3) is 5.65 Å². The van der Waals surface area contributed by atoms with Gasteiger partial charge in [0.15, 0.2) is 0 Å². The first-order valence-corrected chi connectivity index (χ1v) is 8.51. The molecule has 3 heterocycles. The van der Waals surface area contributed by atoms with E-state index in [1.807, 2.05) is 48.5 Å². The molecular weight excluding hydrogens is 330 g/mol. The van der Waals surface area contributed by atoms with Crippen LogP contribution in [0, 0.1) is 0 Å². The summed E-state index contributed by atoms with van der Waals surface area (Å²) in [6.45, 7) is 2.63. The van der Waals surface area contributed by atoms with E-state index in [1.54, 1.807) is 12.4 Å². The van der Waals surface area contributed by atoms with E-state index in [0.717, 1.165) is 5.69 Å². The fraction of sp³-hybridized carbons (Fsp3) is 0.211. The Morgan fingerprint density at radius 2 is 1.85 bits per heavy atom. The summed E-state index contributed by atoms with van der Waals surface area (Å²) >= 11 is 0. The summed E-state index contributed by atoms with van der Waals surface area (Å²) < 4.78 is 6.95. The van der Waals surface area contributed by atoms with Crippen LogP contribution in [0.1, 0.15) is 5.56 Å². The Balaban J connectivity index is 1.75. The van der Waals surface area contributed by atoms with Gasteiger partial charge in [-0.15, -0.1) is 0 Å². The average Bonchev–Trinajstić information content (AvgIpc) is 2.71. The summed E-state index contributed by atoms with van der Waals surface area (Å²) in [6, 6.07) is 15.1. The third-order valence-electron chi connectivity index (χ3n) is 4.22. The lowest BCUT2D eigenvalue weighted by molar-refractivity contribution is 0.122. The van der Waals surface area contributed by atoms with E-state index in [2.05, 4.69) is 15.4 Å². The number of benzene rings is 1. The van der Waals surface area contributed by atoms with Crippen LogP contribution in [0.4, 0.5) is 11.5 Å². The Bertz CT molecular complexity index is 978. The Morgan fingerprint density at radius 3 is 2.65 bits per heavy atom. The van der Waals surface area contributed by atoms with Crippen molar-refractivity contribution in [1.29, 1.82) is 0 Å². The summed E-state index contributed by atoms with van der Waals surface area (Å²) in [4.78, 5) is 19.8. The highest BCUT2D eigenvalue weighted by atomic mass is 16.5. The molecule has 4 rings (SSSR count). The zero-order chi connectivity index (χ0) is 17.8. The number of pyridine rings is 1. The first-order chi connectivity index (χ1) is 12.8. The van der Waals surface area contributed by atoms with Crippen molar-refractivity contribution in [2.45, 2.75) is 0 Å². The van der Waals surface area contributed by atoms with E-state index >= 15 is 0 Å². The first kappa shape index (κ1) is 16.3. The normalized spacial score (nSPS) is 14.8. The smallest absolute Gasteiger partial charge is 0.268 e. The molecule has 1 aromatic carbocycles. The van der Waals surface area contributed by atoms with Crippen molar-refractivity contribution in [3.63, 3.8) is 0 Å². The number of nitrogens with zero attached hydrogens (tertiary/aromatic N) is 4. The summed E-state index contributed by atoms with van der Waals surface area (Å²) in [7, 11) is 0. The standard InChI is InChI=1S/C19H19N5O2/c25-19-16(14-20-22-15-6-2-1-3-7-15)18(23-10-12-26-13-11-23)21-17-8-4-5-9-24(17)19/h1-9,14,22H,10-13H2. The fourth-order valence-corrected chi connectivity index (χ4v) is 2.90. The van der Waals surface area contributed by atoms with E-state index in [1.165, 1.54) is 4.40 Å². The van der Waals surface area contributed by atoms with Gasteiger partial charge in [0.25, 0.3) is 5.56 Å². The maximum Gasteiger partial charge on any atom is 0.268 e. The molecule has 26 heavy (non-hydrogen) atoms. The number of anilines is 2. The van der Waals surface area contributed by atoms with Crippen LogP contribution < -0.4 is 15.9 Å². The molecular formula is C19H19N5O2. The van der Waals surface area contributed by atoms with Gasteiger partial charge in [-0.25, -0.2) is 4.98 Å². The number of rotatable bonds is 4. The van der Waals surface area contributed by atoms with E-state index in [4.69, 9.17) is 9.72 Å². The van der Waals surface area contributed by atoms with Crippen molar-refractivity contribution in [3.05, 3.63) is 70.6 Å². The molecule has 1 aliphatic rings. The van der Waals surface area contributed by atoms with Gasteiger partial charge in [0.1, 0.15) is 17.0 Å². The first-order valence-electron chi connectivity index (χ1n) is 8.51. The number of ether oxygens (including phenoxy) is 1. The lowest BCUT2D eigenvalue weighted by Crippen LogP contribution is -2.39. The molecule has 0 amide bonds. The number of hydrogen-bond donors (Lipinski definition) is 1. The zero-order valence-electron chi connectivity index (χ0n) is 14.2. The van der Waals surface area contributed by atoms with E-state index in [9.17, 15) is 4.79 Å². The molecule has 0 atom stereocenters. The molecule has 0 saturated carbocycles. The van der Waals surface area contributed by atoms with Gasteiger partial charge in [-0.05, 0) is 24.3 Å². The van der Waals surface area contributed by atoms with Crippen molar-refractivity contribution in [3.8, 4) is 0 Å². The van der Waals surface area contributed by atoms with Gasteiger partial charge in [0.2, 0.25) is 0 Å². The predicted molar refractivity (Wildman–Crippen MR) is 102 cm³/mol. The molecule has 7 nitrogen and oxygen atoms in total. The topological polar surface area (TPSA) is 71.2 Å². The molecule has 0 aliphatic carbocycles. The molecule has 1 saturated heterocycles. The monoisotopic (exact) mass is 349 g/mol. The van der Waals surface area contributed by atoms with Crippen molar-refractivity contribution >= 4 is 23.4 Å². The SMILES string of the molecule is O=c1c(C=NNc2ccccc2)c(N2CCOCC2)nc2ccccn12. The van der Waals surface area contributed by atoms with Crippen molar-refractivity contribution in [2.75, 3.05) is 36.6 Å². The molecule has 0 bridgehead atoms. The number of para-hydroxylation sites is 1. The van der Waals surface area contributed by atoms with Crippen LogP contribution in [0.3, 0.4) is 0 Å². The van der Waals surface area contributed by atoms with E-state index < -0.39 is 0 Å². The van der Waals surface area contributed by atoms with Gasteiger partial charge in [-0.1, -0.05) is 24.3 Å². The number of fused-ring (bicyclic) bond motifs is 1. The number of aromatic nitrogens is 2. The van der Waals surface area contributed by atoms with Crippen LogP contribution in [0.15, 0.2) is 64.6 Å². The van der Waals surface area contributed by atoms with Crippen LogP contribution in [-0.4, -0.2) is 41.9 Å². The van der Waals surface area contributed by atoms with Gasteiger partial charge < -0.3 is 9.64 Å². The average molecular weight is 349 g/mol. The lowest BCUT2D eigenvalue weighted by Gasteiger charge is -2.28. The van der Waals surface area contributed by atoms with Crippen LogP contribution in [0.5, 0.6) is 0 Å². The quantitative estimate of drug-likeness (QED) is 0.576. The predicted octanol–water partition coefficient (Wildman–Crippen LogP) is 1.98. The van der Waals surface area contributed by atoms with Crippen molar-refractivity contribution in [1.82, 2.24) is 9.38 Å². The molecule has 7 heteroatoms. The molecule has 0 unspecified atom stereocenters. The number of hydrogen-bond acceptors (Lipinski definition) is 6. The zero-order valence-corrected chi connectivity index (χ0v) is 14.2. The Morgan fingerprint density at radius 1 is 1.08 bits per heavy atom. The maximum absolute atomic E-state index is 13.0. The van der Waals surface area contributed by atoms with Crippen LogP contribution in [0.2, 0.25) is 0 Å². The molecule has 0 radical (unpaired) electrons. The largest absolute Gasteiger partial charge is 0.378 e.